The normalized spacial score (nSPS) is 19.6. The van der Waals surface area contributed by atoms with E-state index in [4.69, 9.17) is 9.84 Å². The molecule has 2 atom stereocenters. The summed E-state index contributed by atoms with van der Waals surface area (Å²) in [5.41, 5.74) is 1.40. The fourth-order valence-electron chi connectivity index (χ4n) is 4.11. The van der Waals surface area contributed by atoms with E-state index in [1.807, 2.05) is 4.57 Å². The highest BCUT2D eigenvalue weighted by Crippen LogP contribution is 2.45. The minimum absolute atomic E-state index is 0.0797. The minimum atomic E-state index is -0.452. The van der Waals surface area contributed by atoms with Gasteiger partial charge >= 0.3 is 6.01 Å². The lowest BCUT2D eigenvalue weighted by atomic mass is 10.0. The summed E-state index contributed by atoms with van der Waals surface area (Å²) in [5.74, 6) is -0.0286. The van der Waals surface area contributed by atoms with Crippen LogP contribution < -0.4 is 14.8 Å². The highest BCUT2D eigenvalue weighted by Gasteiger charge is 2.42. The molecular weight excluding hydrogens is 481 g/mol. The summed E-state index contributed by atoms with van der Waals surface area (Å²) < 4.78 is 25.2. The smallest absolute Gasteiger partial charge is 0.317 e. The molecule has 0 bridgehead atoms. The van der Waals surface area contributed by atoms with Gasteiger partial charge in [0.05, 0.1) is 5.69 Å². The number of benzene rings is 1. The monoisotopic (exact) mass is 509 g/mol. The zero-order chi connectivity index (χ0) is 25.7. The van der Waals surface area contributed by atoms with Crippen LogP contribution in [0.3, 0.4) is 0 Å². The van der Waals surface area contributed by atoms with Crippen molar-refractivity contribution in [1.29, 1.82) is 0 Å². The van der Waals surface area contributed by atoms with Crippen molar-refractivity contribution in [3.05, 3.63) is 60.8 Å². The molecule has 2 heterocycles. The van der Waals surface area contributed by atoms with Crippen molar-refractivity contribution in [3.63, 3.8) is 0 Å². The first-order valence-corrected chi connectivity index (χ1v) is 12.3. The lowest BCUT2D eigenvalue weighted by molar-refractivity contribution is 0.175. The zero-order valence-corrected chi connectivity index (χ0v) is 20.7. The van der Waals surface area contributed by atoms with Crippen molar-refractivity contribution >= 4 is 23.6 Å². The molecule has 2 unspecified atom stereocenters. The van der Waals surface area contributed by atoms with E-state index in [1.165, 1.54) is 6.07 Å². The van der Waals surface area contributed by atoms with Crippen LogP contribution in [0, 0.1) is 18.7 Å². The van der Waals surface area contributed by atoms with Gasteiger partial charge < -0.3 is 15.2 Å². The molecule has 0 radical (unpaired) electrons. The van der Waals surface area contributed by atoms with Gasteiger partial charge in [0.15, 0.2) is 5.88 Å². The lowest BCUT2D eigenvalue weighted by Crippen LogP contribution is -2.19. The second-order valence-corrected chi connectivity index (χ2v) is 9.87. The van der Waals surface area contributed by atoms with Crippen LogP contribution in [-0.2, 0) is 5.54 Å². The van der Waals surface area contributed by atoms with E-state index in [2.05, 4.69) is 56.6 Å². The molecule has 0 spiro atoms. The SMILES string of the molecule is C#C.C=C(O)NSc1ccc(Nc2ncc(C3CCC(Oc4nncn4C4(C)CC4)C3)cn2)c(F)c1. The van der Waals surface area contributed by atoms with Crippen molar-refractivity contribution in [3.8, 4) is 18.9 Å². The van der Waals surface area contributed by atoms with Crippen LogP contribution in [-0.4, -0.2) is 35.9 Å². The predicted octanol–water partition coefficient (Wildman–Crippen LogP) is 5.05. The van der Waals surface area contributed by atoms with Crippen LogP contribution in [0.1, 0.15) is 50.5 Å². The Labute approximate surface area is 213 Å². The molecule has 0 amide bonds. The number of nitrogens with zero attached hydrogens (tertiary/aromatic N) is 5. The zero-order valence-electron chi connectivity index (χ0n) is 19.9. The largest absolute Gasteiger partial charge is 0.495 e. The molecule has 11 heteroatoms. The molecule has 2 aliphatic carbocycles. The Balaban J connectivity index is 0.00000148. The fourth-order valence-corrected chi connectivity index (χ4v) is 4.64. The minimum Gasteiger partial charge on any atom is -0.495 e. The number of ether oxygens (including phenoxy) is 1. The molecule has 188 valence electrons. The molecule has 9 nitrogen and oxygen atoms in total. The van der Waals surface area contributed by atoms with Crippen LogP contribution >= 0.6 is 11.9 Å². The van der Waals surface area contributed by atoms with Crippen LogP contribution in [0.4, 0.5) is 16.0 Å². The number of nitrogens with one attached hydrogen (secondary N) is 2. The molecule has 0 aliphatic heterocycles. The summed E-state index contributed by atoms with van der Waals surface area (Å²) in [6, 6.07) is 5.25. The molecule has 0 saturated heterocycles. The Hall–Kier alpha value is -3.78. The van der Waals surface area contributed by atoms with Gasteiger partial charge in [-0.05, 0) is 87.2 Å². The van der Waals surface area contributed by atoms with E-state index in [-0.39, 0.29) is 23.2 Å². The van der Waals surface area contributed by atoms with Crippen LogP contribution in [0.5, 0.6) is 6.01 Å². The number of aliphatic hydroxyl groups is 1. The summed E-state index contributed by atoms with van der Waals surface area (Å²) >= 11 is 1.06. The maximum absolute atomic E-state index is 14.4. The van der Waals surface area contributed by atoms with Gasteiger partial charge in [0.2, 0.25) is 5.95 Å². The van der Waals surface area contributed by atoms with Gasteiger partial charge in [-0.15, -0.1) is 17.9 Å². The maximum Gasteiger partial charge on any atom is 0.317 e. The van der Waals surface area contributed by atoms with Crippen molar-refractivity contribution in [2.45, 2.75) is 61.5 Å². The quantitative estimate of drug-likeness (QED) is 0.207. The molecule has 3 N–H and O–H groups in total. The number of rotatable bonds is 9. The van der Waals surface area contributed by atoms with E-state index in [0.717, 1.165) is 49.6 Å². The summed E-state index contributed by atoms with van der Waals surface area (Å²) in [6.45, 7) is 5.52. The van der Waals surface area contributed by atoms with E-state index in [1.54, 1.807) is 30.9 Å². The average Bonchev–Trinajstić information content (AvgIpc) is 3.24. The number of terminal acetylenes is 1. The number of anilines is 2. The third kappa shape index (κ3) is 5.88. The van der Waals surface area contributed by atoms with Gasteiger partial charge in [0, 0.05) is 22.8 Å². The molecule has 2 saturated carbocycles. The van der Waals surface area contributed by atoms with Crippen molar-refractivity contribution in [2.75, 3.05) is 5.32 Å². The number of aliphatic hydroxyl groups excluding tert-OH is 1. The Morgan fingerprint density at radius 1 is 1.28 bits per heavy atom. The Morgan fingerprint density at radius 3 is 2.69 bits per heavy atom. The van der Waals surface area contributed by atoms with Crippen LogP contribution in [0.2, 0.25) is 0 Å². The molecule has 3 aromatic rings. The second-order valence-electron chi connectivity index (χ2n) is 8.99. The van der Waals surface area contributed by atoms with E-state index >= 15 is 0 Å². The number of halogens is 1. The third-order valence-corrected chi connectivity index (χ3v) is 7.17. The van der Waals surface area contributed by atoms with E-state index < -0.39 is 5.82 Å². The molecule has 5 rings (SSSR count). The first-order valence-electron chi connectivity index (χ1n) is 11.5. The highest BCUT2D eigenvalue weighted by molar-refractivity contribution is 7.97. The summed E-state index contributed by atoms with van der Waals surface area (Å²) in [5, 5.41) is 20.2. The molecule has 2 aliphatic rings. The molecule has 1 aromatic carbocycles. The second kappa shape index (κ2) is 10.9. The number of aromatic nitrogens is 5. The predicted molar refractivity (Wildman–Crippen MR) is 136 cm³/mol. The summed E-state index contributed by atoms with van der Waals surface area (Å²) in [6.07, 6.45) is 18.4. The Kier molecular flexibility index (Phi) is 7.64. The van der Waals surface area contributed by atoms with Gasteiger partial charge in [-0.25, -0.2) is 14.4 Å². The van der Waals surface area contributed by atoms with E-state index in [9.17, 15) is 4.39 Å². The summed E-state index contributed by atoms with van der Waals surface area (Å²) in [4.78, 5) is 9.35. The fraction of sp³-hybridized carbons (Fsp3) is 0.360. The average molecular weight is 510 g/mol. The van der Waals surface area contributed by atoms with Crippen LogP contribution in [0.25, 0.3) is 0 Å². The molecular formula is C25H28FN7O2S. The van der Waals surface area contributed by atoms with Crippen LogP contribution in [0.15, 0.2) is 54.3 Å². The van der Waals surface area contributed by atoms with Gasteiger partial charge in [-0.1, -0.05) is 5.10 Å². The third-order valence-electron chi connectivity index (χ3n) is 6.35. The molecule has 2 fully saturated rings. The summed E-state index contributed by atoms with van der Waals surface area (Å²) in [7, 11) is 0. The van der Waals surface area contributed by atoms with E-state index in [0.29, 0.717) is 22.8 Å². The van der Waals surface area contributed by atoms with Crippen molar-refractivity contribution in [2.24, 2.45) is 0 Å². The van der Waals surface area contributed by atoms with Gasteiger partial charge in [0.1, 0.15) is 18.2 Å². The Bertz CT molecular complexity index is 1230. The van der Waals surface area contributed by atoms with Gasteiger partial charge in [-0.2, -0.15) is 0 Å². The number of hydrogen-bond donors (Lipinski definition) is 3. The molecule has 2 aromatic heterocycles. The topological polar surface area (TPSA) is 110 Å². The maximum atomic E-state index is 14.4. The standard InChI is InChI=1S/C23H26FN7O2S.C2H2/c1-14(32)30-34-18-5-6-20(19(24)10-18)28-21-25-11-16(12-26-21)15-3-4-17(9-15)33-22-29-27-13-31(22)23(2)7-8-23;1-2/h5-6,10-13,15,17,30,32H,1,3-4,7-9H2,2H3,(H,25,26,28);1-2H. The lowest BCUT2D eigenvalue weighted by Gasteiger charge is -2.17. The van der Waals surface area contributed by atoms with Gasteiger partial charge in [0.25, 0.3) is 0 Å². The first kappa shape index (κ1) is 25.3. The van der Waals surface area contributed by atoms with Crippen molar-refractivity contribution in [1.82, 2.24) is 29.5 Å². The first-order chi connectivity index (χ1) is 17.4. The van der Waals surface area contributed by atoms with Crippen molar-refractivity contribution < 1.29 is 14.2 Å². The highest BCUT2D eigenvalue weighted by atomic mass is 32.2. The molecule has 36 heavy (non-hydrogen) atoms. The Morgan fingerprint density at radius 2 is 2.03 bits per heavy atom. The number of hydrogen-bond acceptors (Lipinski definition) is 9. The van der Waals surface area contributed by atoms with Gasteiger partial charge in [-0.3, -0.25) is 9.29 Å².